The number of thioether (sulfide) groups is 1. The van der Waals surface area contributed by atoms with Gasteiger partial charge in [0.25, 0.3) is 5.56 Å². The van der Waals surface area contributed by atoms with Crippen molar-refractivity contribution < 1.29 is 13.9 Å². The third-order valence-corrected chi connectivity index (χ3v) is 6.79. The number of aryl methyl sites for hydroxylation is 2. The monoisotopic (exact) mass is 496 g/mol. The molecule has 10 heteroatoms. The van der Waals surface area contributed by atoms with Crippen LogP contribution in [-0.4, -0.2) is 32.6 Å². The number of benzene rings is 1. The van der Waals surface area contributed by atoms with E-state index in [-0.39, 0.29) is 17.0 Å². The summed E-state index contributed by atoms with van der Waals surface area (Å²) in [5, 5.41) is 1.34. The summed E-state index contributed by atoms with van der Waals surface area (Å²) in [6.07, 6.45) is 1.91. The highest BCUT2D eigenvalue weighted by molar-refractivity contribution is 7.98. The molecule has 3 heterocycles. The molecule has 0 atom stereocenters. The fraction of sp³-hybridized carbons (Fsp3) is 0.292. The van der Waals surface area contributed by atoms with Crippen LogP contribution in [0.25, 0.3) is 22.5 Å². The molecular weight excluding hydrogens is 476 g/mol. The summed E-state index contributed by atoms with van der Waals surface area (Å²) in [5.41, 5.74) is 2.32. The van der Waals surface area contributed by atoms with Gasteiger partial charge in [0.05, 0.1) is 23.8 Å². The summed E-state index contributed by atoms with van der Waals surface area (Å²) in [5.74, 6) is 1.05. The largest absolute Gasteiger partial charge is 0.465 e. The second kappa shape index (κ2) is 8.88. The molecule has 8 nitrogen and oxygen atoms in total. The third-order valence-electron chi connectivity index (χ3n) is 5.59. The average Bonchev–Trinajstić information content (AvgIpc) is 3.57. The van der Waals surface area contributed by atoms with Gasteiger partial charge < -0.3 is 13.7 Å². The Morgan fingerprint density at radius 2 is 2.03 bits per heavy atom. The second-order valence-corrected chi connectivity index (χ2v) is 9.50. The van der Waals surface area contributed by atoms with Gasteiger partial charge in [-0.05, 0) is 51.0 Å². The van der Waals surface area contributed by atoms with Gasteiger partial charge in [0.2, 0.25) is 5.89 Å². The van der Waals surface area contributed by atoms with Crippen molar-refractivity contribution in [2.75, 3.05) is 7.11 Å². The van der Waals surface area contributed by atoms with Crippen LogP contribution in [0.3, 0.4) is 0 Å². The minimum Gasteiger partial charge on any atom is -0.465 e. The zero-order chi connectivity index (χ0) is 24.0. The van der Waals surface area contributed by atoms with Gasteiger partial charge in [-0.1, -0.05) is 29.4 Å². The van der Waals surface area contributed by atoms with Crippen molar-refractivity contribution in [2.45, 2.75) is 43.6 Å². The molecule has 3 aromatic heterocycles. The lowest BCUT2D eigenvalue weighted by Crippen LogP contribution is -2.20. The highest BCUT2D eigenvalue weighted by atomic mass is 35.5. The molecule has 1 saturated carbocycles. The molecule has 1 fully saturated rings. The number of hydrogen-bond acceptors (Lipinski definition) is 8. The van der Waals surface area contributed by atoms with E-state index in [0.717, 1.165) is 24.1 Å². The van der Waals surface area contributed by atoms with E-state index >= 15 is 0 Å². The summed E-state index contributed by atoms with van der Waals surface area (Å²) >= 11 is 7.50. The molecule has 0 aliphatic heterocycles. The maximum absolute atomic E-state index is 13.0. The molecule has 0 radical (unpaired) electrons. The summed E-state index contributed by atoms with van der Waals surface area (Å²) < 4.78 is 12.7. The molecule has 1 aliphatic rings. The topological polar surface area (TPSA) is 100 Å². The second-order valence-electron chi connectivity index (χ2n) is 8.12. The van der Waals surface area contributed by atoms with Crippen molar-refractivity contribution in [1.82, 2.24) is 19.5 Å². The lowest BCUT2D eigenvalue weighted by molar-refractivity contribution is 0.0602. The average molecular weight is 497 g/mol. The van der Waals surface area contributed by atoms with Crippen molar-refractivity contribution >= 4 is 40.4 Å². The Kier molecular flexibility index (Phi) is 5.91. The summed E-state index contributed by atoms with van der Waals surface area (Å²) in [6.45, 7) is 3.64. The lowest BCUT2D eigenvalue weighted by atomic mass is 10.1. The first-order valence-electron chi connectivity index (χ1n) is 10.7. The van der Waals surface area contributed by atoms with Gasteiger partial charge in [-0.3, -0.25) is 4.79 Å². The van der Waals surface area contributed by atoms with Gasteiger partial charge in [-0.2, -0.15) is 4.98 Å². The van der Waals surface area contributed by atoms with E-state index in [4.69, 9.17) is 20.8 Å². The quantitative estimate of drug-likeness (QED) is 0.206. The maximum Gasteiger partial charge on any atom is 0.338 e. The van der Waals surface area contributed by atoms with Crippen LogP contribution in [0.4, 0.5) is 0 Å². The molecule has 0 unspecified atom stereocenters. The van der Waals surface area contributed by atoms with Crippen LogP contribution < -0.4 is 5.56 Å². The minimum absolute atomic E-state index is 0.179. The molecule has 5 rings (SSSR count). The van der Waals surface area contributed by atoms with E-state index in [1.165, 1.54) is 18.9 Å². The van der Waals surface area contributed by atoms with Crippen LogP contribution >= 0.6 is 23.4 Å². The van der Waals surface area contributed by atoms with Crippen LogP contribution in [0, 0.1) is 13.8 Å². The molecule has 0 saturated heterocycles. The summed E-state index contributed by atoms with van der Waals surface area (Å²) in [4.78, 5) is 38.9. The van der Waals surface area contributed by atoms with Crippen LogP contribution in [-0.2, 0) is 10.5 Å². The fourth-order valence-corrected chi connectivity index (χ4v) is 5.05. The number of ether oxygens (including phenoxy) is 1. The zero-order valence-corrected chi connectivity index (χ0v) is 20.4. The molecule has 0 bridgehead atoms. The van der Waals surface area contributed by atoms with Crippen molar-refractivity contribution in [3.05, 3.63) is 68.4 Å². The van der Waals surface area contributed by atoms with Gasteiger partial charge in [-0.25, -0.2) is 14.8 Å². The van der Waals surface area contributed by atoms with Gasteiger partial charge >= 0.3 is 5.97 Å². The number of pyridine rings is 1. The van der Waals surface area contributed by atoms with Crippen LogP contribution in [0.2, 0.25) is 5.02 Å². The number of rotatable bonds is 6. The molecule has 174 valence electrons. The van der Waals surface area contributed by atoms with Gasteiger partial charge in [0.15, 0.2) is 5.16 Å². The number of carbonyl (C=O) groups excluding carboxylic acids is 1. The third kappa shape index (κ3) is 4.21. The highest BCUT2D eigenvalue weighted by Gasteiger charge is 2.30. The van der Waals surface area contributed by atoms with E-state index in [1.807, 2.05) is 23.6 Å². The number of methoxy groups -OCH3 is 1. The molecule has 0 spiro atoms. The van der Waals surface area contributed by atoms with Gasteiger partial charge in [0, 0.05) is 28.1 Å². The van der Waals surface area contributed by atoms with E-state index in [2.05, 4.69) is 15.0 Å². The van der Waals surface area contributed by atoms with Crippen molar-refractivity contribution in [3.63, 3.8) is 0 Å². The maximum atomic E-state index is 13.0. The number of esters is 1. The van der Waals surface area contributed by atoms with E-state index < -0.39 is 11.5 Å². The SMILES string of the molecule is COC(=O)c1cc(C)nc2c1c(=O)nc(SCc1nc(-c3cccc(Cl)c3)oc1C)n2C1CC1. The molecule has 1 aliphatic carbocycles. The number of hydrogen-bond donors (Lipinski definition) is 0. The molecule has 4 aromatic rings. The normalized spacial score (nSPS) is 13.4. The number of carbonyl (C=O) groups is 1. The number of nitrogens with zero attached hydrogens (tertiary/aromatic N) is 4. The van der Waals surface area contributed by atoms with Gasteiger partial charge in [0.1, 0.15) is 11.4 Å². The predicted octanol–water partition coefficient (Wildman–Crippen LogP) is 5.13. The van der Waals surface area contributed by atoms with Gasteiger partial charge in [-0.15, -0.1) is 0 Å². The summed E-state index contributed by atoms with van der Waals surface area (Å²) in [6, 6.07) is 9.07. The highest BCUT2D eigenvalue weighted by Crippen LogP contribution is 2.40. The number of aromatic nitrogens is 4. The van der Waals surface area contributed by atoms with Crippen LogP contribution in [0.1, 0.15) is 46.4 Å². The van der Waals surface area contributed by atoms with Crippen LogP contribution in [0.5, 0.6) is 0 Å². The van der Waals surface area contributed by atoms with Crippen LogP contribution in [0.15, 0.2) is 44.7 Å². The smallest absolute Gasteiger partial charge is 0.338 e. The summed E-state index contributed by atoms with van der Waals surface area (Å²) in [7, 11) is 1.29. The zero-order valence-electron chi connectivity index (χ0n) is 18.8. The predicted molar refractivity (Wildman–Crippen MR) is 129 cm³/mol. The Morgan fingerprint density at radius 1 is 1.24 bits per heavy atom. The number of oxazole rings is 1. The first-order valence-corrected chi connectivity index (χ1v) is 12.1. The molecule has 1 aromatic carbocycles. The molecule has 34 heavy (non-hydrogen) atoms. The number of fused-ring (bicyclic) bond motifs is 1. The first kappa shape index (κ1) is 22.6. The molecule has 0 amide bonds. The Morgan fingerprint density at radius 3 is 2.74 bits per heavy atom. The fourth-order valence-electron chi connectivity index (χ4n) is 3.80. The first-order chi connectivity index (χ1) is 16.4. The molecular formula is C24H21ClN4O4S. The van der Waals surface area contributed by atoms with Crippen molar-refractivity contribution in [1.29, 1.82) is 0 Å². The van der Waals surface area contributed by atoms with E-state index in [1.54, 1.807) is 25.1 Å². The van der Waals surface area contributed by atoms with E-state index in [9.17, 15) is 9.59 Å². The van der Waals surface area contributed by atoms with Crippen molar-refractivity contribution in [2.24, 2.45) is 0 Å². The van der Waals surface area contributed by atoms with E-state index in [0.29, 0.717) is 38.9 Å². The Hall–Kier alpha value is -3.17. The Labute approximate surface area is 204 Å². The van der Waals surface area contributed by atoms with Crippen molar-refractivity contribution in [3.8, 4) is 11.5 Å². The Balaban J connectivity index is 1.54. The number of halogens is 1. The Bertz CT molecular complexity index is 1490. The standard InChI is InChI=1S/C24H21ClN4O4S/c1-12-9-17(23(31)32-3)19-20(26-12)29(16-7-8-16)24(28-21(19)30)34-11-18-13(2)33-22(27-18)14-5-4-6-15(25)10-14/h4-6,9-10,16H,7-8,11H2,1-3H3. The lowest BCUT2D eigenvalue weighted by Gasteiger charge is -2.15. The molecule has 0 N–H and O–H groups in total. The minimum atomic E-state index is -0.580.